The normalized spacial score (nSPS) is 13.3. The zero-order valence-corrected chi connectivity index (χ0v) is 11.6. The van der Waals surface area contributed by atoms with Crippen LogP contribution in [0, 0.1) is 5.92 Å². The molecule has 1 unspecified atom stereocenters. The monoisotopic (exact) mass is 266 g/mol. The minimum atomic E-state index is -1.07. The number of carbonyl (C=O) groups excluding carboxylic acids is 1. The van der Waals surface area contributed by atoms with Gasteiger partial charge in [-0.1, -0.05) is 45.4 Å². The third-order valence-corrected chi connectivity index (χ3v) is 2.52. The van der Waals surface area contributed by atoms with Gasteiger partial charge < -0.3 is 9.84 Å². The molecule has 0 aliphatic rings. The van der Waals surface area contributed by atoms with Crippen LogP contribution in [0.15, 0.2) is 36.5 Å². The first kappa shape index (κ1) is 17.2. The maximum absolute atomic E-state index is 11.7. The molecule has 4 heteroatoms. The van der Waals surface area contributed by atoms with E-state index in [4.69, 9.17) is 9.84 Å². The van der Waals surface area contributed by atoms with Gasteiger partial charge in [0.2, 0.25) is 0 Å². The fourth-order valence-corrected chi connectivity index (χ4v) is 1.39. The van der Waals surface area contributed by atoms with E-state index >= 15 is 0 Å². The lowest BCUT2D eigenvalue weighted by Gasteiger charge is -2.11. The molecule has 0 aliphatic carbocycles. The molecule has 0 bridgehead atoms. The van der Waals surface area contributed by atoms with Crippen LogP contribution in [-0.4, -0.2) is 23.7 Å². The molecule has 0 fully saturated rings. The van der Waals surface area contributed by atoms with E-state index in [2.05, 4.69) is 13.5 Å². The highest BCUT2D eigenvalue weighted by Gasteiger charge is 2.09. The van der Waals surface area contributed by atoms with Crippen molar-refractivity contribution in [3.63, 3.8) is 0 Å². The molecular weight excluding hydrogens is 244 g/mol. The smallest absolute Gasteiger partial charge is 0.338 e. The zero-order valence-electron chi connectivity index (χ0n) is 11.6. The highest BCUT2D eigenvalue weighted by atomic mass is 16.5. The van der Waals surface area contributed by atoms with Crippen molar-refractivity contribution in [3.05, 3.63) is 36.5 Å². The Kier molecular flexibility index (Phi) is 9.14. The van der Waals surface area contributed by atoms with Crippen LogP contribution in [0.2, 0.25) is 0 Å². The van der Waals surface area contributed by atoms with E-state index in [0.29, 0.717) is 12.5 Å². The summed E-state index contributed by atoms with van der Waals surface area (Å²) in [6, 6.07) is 0. The standard InChI is InChI=1S/C15H22O4/c1-4-6-8-12(3)11-19-15(18)13(5-2)9-7-10-14(16)17/h5,7,9-10,12H,2,4,6,8,11H2,1,3H3,(H,16,17)/b10-7+,13-9+. The van der Waals surface area contributed by atoms with Crippen molar-refractivity contribution >= 4 is 11.9 Å². The van der Waals surface area contributed by atoms with Crippen LogP contribution in [0.3, 0.4) is 0 Å². The predicted molar refractivity (Wildman–Crippen MR) is 74.7 cm³/mol. The second-order valence-corrected chi connectivity index (χ2v) is 4.37. The largest absolute Gasteiger partial charge is 0.478 e. The number of hydrogen-bond donors (Lipinski definition) is 1. The summed E-state index contributed by atoms with van der Waals surface area (Å²) in [4.78, 5) is 22.0. The minimum absolute atomic E-state index is 0.250. The number of rotatable bonds is 9. The number of hydrogen-bond acceptors (Lipinski definition) is 3. The summed E-state index contributed by atoms with van der Waals surface area (Å²) < 4.78 is 5.15. The van der Waals surface area contributed by atoms with Gasteiger partial charge in [-0.15, -0.1) is 0 Å². The Hall–Kier alpha value is -1.84. The van der Waals surface area contributed by atoms with Gasteiger partial charge in [0.1, 0.15) is 0 Å². The summed E-state index contributed by atoms with van der Waals surface area (Å²) in [6.07, 6.45) is 8.21. The van der Waals surface area contributed by atoms with Crippen molar-refractivity contribution in [2.75, 3.05) is 6.61 Å². The van der Waals surface area contributed by atoms with Crippen LogP contribution in [0.1, 0.15) is 33.1 Å². The lowest BCUT2D eigenvalue weighted by atomic mass is 10.1. The van der Waals surface area contributed by atoms with E-state index in [-0.39, 0.29) is 5.57 Å². The molecular formula is C15H22O4. The molecule has 0 saturated heterocycles. The Bertz CT molecular complexity index is 366. The van der Waals surface area contributed by atoms with Gasteiger partial charge in [-0.3, -0.25) is 0 Å². The Balaban J connectivity index is 4.29. The van der Waals surface area contributed by atoms with Crippen molar-refractivity contribution in [1.29, 1.82) is 0 Å². The van der Waals surface area contributed by atoms with Crippen LogP contribution in [0.4, 0.5) is 0 Å². The first-order valence-corrected chi connectivity index (χ1v) is 6.42. The molecule has 0 aromatic heterocycles. The van der Waals surface area contributed by atoms with Gasteiger partial charge in [-0.2, -0.15) is 0 Å². The number of allylic oxidation sites excluding steroid dienone is 2. The van der Waals surface area contributed by atoms with Crippen molar-refractivity contribution in [3.8, 4) is 0 Å². The number of esters is 1. The maximum atomic E-state index is 11.7. The lowest BCUT2D eigenvalue weighted by molar-refractivity contribution is -0.140. The van der Waals surface area contributed by atoms with Gasteiger partial charge in [-0.05, 0) is 18.4 Å². The van der Waals surface area contributed by atoms with Gasteiger partial charge in [0.15, 0.2) is 0 Å². The molecule has 0 aromatic carbocycles. The Morgan fingerprint density at radius 1 is 1.42 bits per heavy atom. The van der Waals surface area contributed by atoms with E-state index in [0.717, 1.165) is 25.3 Å². The average Bonchev–Trinajstić information content (AvgIpc) is 2.38. The molecule has 0 saturated carbocycles. The highest BCUT2D eigenvalue weighted by Crippen LogP contribution is 2.09. The maximum Gasteiger partial charge on any atom is 0.338 e. The SMILES string of the molecule is C=C/C(=C\C=C\C(=O)O)C(=O)OCC(C)CCCC. The molecule has 19 heavy (non-hydrogen) atoms. The number of carboxylic acid groups (broad SMARTS) is 1. The van der Waals surface area contributed by atoms with Gasteiger partial charge in [0, 0.05) is 6.08 Å². The van der Waals surface area contributed by atoms with E-state index in [1.807, 2.05) is 6.92 Å². The summed E-state index contributed by atoms with van der Waals surface area (Å²) >= 11 is 0. The molecule has 106 valence electrons. The summed E-state index contributed by atoms with van der Waals surface area (Å²) in [5.74, 6) is -1.22. The molecule has 0 radical (unpaired) electrons. The second-order valence-electron chi connectivity index (χ2n) is 4.37. The topological polar surface area (TPSA) is 63.6 Å². The predicted octanol–water partition coefficient (Wildman–Crippen LogP) is 3.11. The number of unbranched alkanes of at least 4 members (excludes halogenated alkanes) is 1. The van der Waals surface area contributed by atoms with E-state index in [9.17, 15) is 9.59 Å². The fraction of sp³-hybridized carbons (Fsp3) is 0.467. The molecule has 4 nitrogen and oxygen atoms in total. The Morgan fingerprint density at radius 2 is 2.11 bits per heavy atom. The number of carboxylic acids is 1. The second kappa shape index (κ2) is 10.1. The van der Waals surface area contributed by atoms with E-state index in [1.165, 1.54) is 18.2 Å². The van der Waals surface area contributed by atoms with E-state index < -0.39 is 11.9 Å². The van der Waals surface area contributed by atoms with Crippen molar-refractivity contribution < 1.29 is 19.4 Å². The van der Waals surface area contributed by atoms with Crippen LogP contribution >= 0.6 is 0 Å². The third kappa shape index (κ3) is 8.83. The molecule has 0 spiro atoms. The Morgan fingerprint density at radius 3 is 2.63 bits per heavy atom. The first-order valence-electron chi connectivity index (χ1n) is 6.42. The molecule has 0 heterocycles. The van der Waals surface area contributed by atoms with Gasteiger partial charge in [0.05, 0.1) is 12.2 Å². The summed E-state index contributed by atoms with van der Waals surface area (Å²) in [5, 5.41) is 8.44. The third-order valence-electron chi connectivity index (χ3n) is 2.52. The number of ether oxygens (including phenoxy) is 1. The van der Waals surface area contributed by atoms with Crippen molar-refractivity contribution in [1.82, 2.24) is 0 Å². The van der Waals surface area contributed by atoms with Crippen molar-refractivity contribution in [2.24, 2.45) is 5.92 Å². The van der Waals surface area contributed by atoms with Crippen LogP contribution in [0.25, 0.3) is 0 Å². The summed E-state index contributed by atoms with van der Waals surface area (Å²) in [5.41, 5.74) is 0.250. The number of carbonyl (C=O) groups is 2. The molecule has 1 atom stereocenters. The van der Waals surface area contributed by atoms with Crippen LogP contribution in [-0.2, 0) is 14.3 Å². The summed E-state index contributed by atoms with van der Waals surface area (Å²) in [7, 11) is 0. The van der Waals surface area contributed by atoms with Gasteiger partial charge in [0.25, 0.3) is 0 Å². The lowest BCUT2D eigenvalue weighted by Crippen LogP contribution is -2.13. The molecule has 0 aromatic rings. The molecule has 0 rings (SSSR count). The van der Waals surface area contributed by atoms with Gasteiger partial charge in [-0.25, -0.2) is 9.59 Å². The van der Waals surface area contributed by atoms with Crippen LogP contribution < -0.4 is 0 Å². The van der Waals surface area contributed by atoms with Gasteiger partial charge >= 0.3 is 11.9 Å². The fourth-order valence-electron chi connectivity index (χ4n) is 1.39. The molecule has 0 aliphatic heterocycles. The first-order chi connectivity index (χ1) is 9.01. The molecule has 0 amide bonds. The van der Waals surface area contributed by atoms with Crippen molar-refractivity contribution in [2.45, 2.75) is 33.1 Å². The van der Waals surface area contributed by atoms with Crippen LogP contribution in [0.5, 0.6) is 0 Å². The average molecular weight is 266 g/mol. The number of aliphatic carboxylic acids is 1. The summed E-state index contributed by atoms with van der Waals surface area (Å²) in [6.45, 7) is 8.02. The van der Waals surface area contributed by atoms with E-state index in [1.54, 1.807) is 0 Å². The quantitative estimate of drug-likeness (QED) is 0.395. The Labute approximate surface area is 114 Å². The highest BCUT2D eigenvalue weighted by molar-refractivity contribution is 5.92. The molecule has 1 N–H and O–H groups in total. The minimum Gasteiger partial charge on any atom is -0.478 e. The zero-order chi connectivity index (χ0) is 14.7.